The zero-order valence-corrected chi connectivity index (χ0v) is 8.64. The van der Waals surface area contributed by atoms with E-state index in [2.05, 4.69) is 25.8 Å². The molecule has 0 saturated heterocycles. The van der Waals surface area contributed by atoms with Gasteiger partial charge in [0, 0.05) is 5.69 Å². The molecule has 17 heavy (non-hydrogen) atoms. The van der Waals surface area contributed by atoms with E-state index in [0.717, 1.165) is 0 Å². The summed E-state index contributed by atoms with van der Waals surface area (Å²) in [5.74, 6) is 0.249. The van der Waals surface area contributed by atoms with Gasteiger partial charge in [-0.05, 0) is 18.2 Å². The number of aromatic amines is 1. The van der Waals surface area contributed by atoms with Gasteiger partial charge in [0.2, 0.25) is 5.95 Å². The maximum Gasteiger partial charge on any atom is 0.326 e. The van der Waals surface area contributed by atoms with Crippen molar-refractivity contribution in [2.75, 3.05) is 10.6 Å². The van der Waals surface area contributed by atoms with Gasteiger partial charge in [0.15, 0.2) is 0 Å². The SMILES string of the molecule is N#Cc1cccc(NC(=O)Nc2ncn[nH]2)c1. The summed E-state index contributed by atoms with van der Waals surface area (Å²) in [5, 5.41) is 19.8. The molecule has 3 N–H and O–H groups in total. The molecule has 0 atom stereocenters. The molecule has 0 spiro atoms. The van der Waals surface area contributed by atoms with E-state index in [0.29, 0.717) is 11.3 Å². The van der Waals surface area contributed by atoms with Crippen molar-refractivity contribution < 1.29 is 4.79 Å². The normalized spacial score (nSPS) is 9.35. The van der Waals surface area contributed by atoms with Gasteiger partial charge >= 0.3 is 6.03 Å². The second-order valence-corrected chi connectivity index (χ2v) is 3.11. The Morgan fingerprint density at radius 3 is 3.00 bits per heavy atom. The number of carbonyl (C=O) groups excluding carboxylic acids is 1. The Bertz CT molecular complexity index is 556. The van der Waals surface area contributed by atoms with Crippen LogP contribution in [0.1, 0.15) is 5.56 Å². The minimum atomic E-state index is -0.461. The largest absolute Gasteiger partial charge is 0.326 e. The molecule has 1 aromatic heterocycles. The predicted octanol–water partition coefficient (Wildman–Crippen LogP) is 1.32. The van der Waals surface area contributed by atoms with Crippen LogP contribution in [0.2, 0.25) is 0 Å². The third-order valence-corrected chi connectivity index (χ3v) is 1.90. The van der Waals surface area contributed by atoms with Crippen LogP contribution in [0.25, 0.3) is 0 Å². The Morgan fingerprint density at radius 1 is 1.41 bits per heavy atom. The van der Waals surface area contributed by atoms with Crippen molar-refractivity contribution in [1.82, 2.24) is 15.2 Å². The van der Waals surface area contributed by atoms with Gasteiger partial charge < -0.3 is 5.32 Å². The van der Waals surface area contributed by atoms with Gasteiger partial charge in [-0.1, -0.05) is 6.07 Å². The van der Waals surface area contributed by atoms with Crippen LogP contribution in [0.4, 0.5) is 16.4 Å². The summed E-state index contributed by atoms with van der Waals surface area (Å²) < 4.78 is 0. The van der Waals surface area contributed by atoms with E-state index >= 15 is 0 Å². The highest BCUT2D eigenvalue weighted by Crippen LogP contribution is 2.09. The summed E-state index contributed by atoms with van der Waals surface area (Å²) in [5.41, 5.74) is 1.00. The Morgan fingerprint density at radius 2 is 2.29 bits per heavy atom. The molecule has 84 valence electrons. The van der Waals surface area contributed by atoms with Gasteiger partial charge in [-0.2, -0.15) is 15.3 Å². The molecule has 2 amide bonds. The van der Waals surface area contributed by atoms with Crippen molar-refractivity contribution in [3.05, 3.63) is 36.2 Å². The first-order chi connectivity index (χ1) is 8.28. The molecule has 0 unspecified atom stereocenters. The molecule has 0 bridgehead atoms. The quantitative estimate of drug-likeness (QED) is 0.720. The van der Waals surface area contributed by atoms with Crippen LogP contribution in [0.5, 0.6) is 0 Å². The minimum absolute atomic E-state index is 0.249. The number of nitrogens with zero attached hydrogens (tertiary/aromatic N) is 3. The lowest BCUT2D eigenvalue weighted by Crippen LogP contribution is -2.20. The van der Waals surface area contributed by atoms with Crippen LogP contribution in [-0.4, -0.2) is 21.2 Å². The van der Waals surface area contributed by atoms with Crippen molar-refractivity contribution in [3.63, 3.8) is 0 Å². The second kappa shape index (κ2) is 4.76. The maximum atomic E-state index is 11.5. The summed E-state index contributed by atoms with van der Waals surface area (Å²) in [4.78, 5) is 15.2. The fourth-order valence-corrected chi connectivity index (χ4v) is 1.20. The van der Waals surface area contributed by atoms with E-state index in [9.17, 15) is 4.79 Å². The van der Waals surface area contributed by atoms with Crippen LogP contribution in [0, 0.1) is 11.3 Å². The van der Waals surface area contributed by atoms with Gasteiger partial charge in [0.25, 0.3) is 0 Å². The zero-order valence-electron chi connectivity index (χ0n) is 8.64. The summed E-state index contributed by atoms with van der Waals surface area (Å²) in [6, 6.07) is 8.11. The molecule has 0 saturated carbocycles. The Hall–Kier alpha value is -2.88. The molecular weight excluding hydrogens is 220 g/mol. The van der Waals surface area contributed by atoms with Gasteiger partial charge in [0.1, 0.15) is 6.33 Å². The molecule has 0 aliphatic rings. The van der Waals surface area contributed by atoms with Crippen LogP contribution in [-0.2, 0) is 0 Å². The number of urea groups is 1. The fraction of sp³-hybridized carbons (Fsp3) is 0. The highest BCUT2D eigenvalue weighted by atomic mass is 16.2. The van der Waals surface area contributed by atoms with Crippen molar-refractivity contribution in [3.8, 4) is 6.07 Å². The molecular formula is C10H8N6O. The third kappa shape index (κ3) is 2.79. The van der Waals surface area contributed by atoms with Crippen LogP contribution in [0.15, 0.2) is 30.6 Å². The molecule has 2 rings (SSSR count). The molecule has 0 aliphatic carbocycles. The smallest absolute Gasteiger partial charge is 0.308 e. The Kier molecular flexibility index (Phi) is 2.98. The highest BCUT2D eigenvalue weighted by molar-refractivity contribution is 5.98. The summed E-state index contributed by atoms with van der Waals surface area (Å²) in [6.07, 6.45) is 1.28. The van der Waals surface area contributed by atoms with E-state index in [-0.39, 0.29) is 5.95 Å². The highest BCUT2D eigenvalue weighted by Gasteiger charge is 2.04. The first-order valence-corrected chi connectivity index (χ1v) is 4.71. The summed E-state index contributed by atoms with van der Waals surface area (Å²) in [6.45, 7) is 0. The van der Waals surface area contributed by atoms with E-state index < -0.39 is 6.03 Å². The van der Waals surface area contributed by atoms with E-state index in [1.54, 1.807) is 24.3 Å². The first-order valence-electron chi connectivity index (χ1n) is 4.71. The zero-order chi connectivity index (χ0) is 12.1. The van der Waals surface area contributed by atoms with Crippen molar-refractivity contribution >= 4 is 17.7 Å². The predicted molar refractivity (Wildman–Crippen MR) is 60.2 cm³/mol. The van der Waals surface area contributed by atoms with E-state index in [4.69, 9.17) is 5.26 Å². The van der Waals surface area contributed by atoms with Gasteiger partial charge in [-0.3, -0.25) is 5.32 Å². The van der Waals surface area contributed by atoms with Crippen LogP contribution >= 0.6 is 0 Å². The van der Waals surface area contributed by atoms with Crippen LogP contribution < -0.4 is 10.6 Å². The number of H-pyrrole nitrogens is 1. The maximum absolute atomic E-state index is 11.5. The molecule has 0 radical (unpaired) electrons. The topological polar surface area (TPSA) is 106 Å². The number of anilines is 2. The lowest BCUT2D eigenvalue weighted by molar-refractivity contribution is 0.262. The summed E-state index contributed by atoms with van der Waals surface area (Å²) in [7, 11) is 0. The number of carbonyl (C=O) groups is 1. The molecule has 7 nitrogen and oxygen atoms in total. The second-order valence-electron chi connectivity index (χ2n) is 3.11. The molecule has 0 aliphatic heterocycles. The van der Waals surface area contributed by atoms with E-state index in [1.807, 2.05) is 6.07 Å². The van der Waals surface area contributed by atoms with Crippen molar-refractivity contribution in [2.24, 2.45) is 0 Å². The number of aromatic nitrogens is 3. The Balaban J connectivity index is 2.01. The number of nitriles is 1. The minimum Gasteiger partial charge on any atom is -0.308 e. The van der Waals surface area contributed by atoms with E-state index in [1.165, 1.54) is 6.33 Å². The number of nitrogens with one attached hydrogen (secondary N) is 3. The van der Waals surface area contributed by atoms with Gasteiger partial charge in [-0.25, -0.2) is 9.89 Å². The Labute approximate surface area is 96.5 Å². The lowest BCUT2D eigenvalue weighted by atomic mass is 10.2. The number of hydrogen-bond donors (Lipinski definition) is 3. The molecule has 7 heteroatoms. The first kappa shape index (κ1) is 10.6. The molecule has 0 fully saturated rings. The number of rotatable bonds is 2. The third-order valence-electron chi connectivity index (χ3n) is 1.90. The average Bonchev–Trinajstić information content (AvgIpc) is 2.82. The van der Waals surface area contributed by atoms with Gasteiger partial charge in [0.05, 0.1) is 11.6 Å². The molecule has 1 heterocycles. The monoisotopic (exact) mass is 228 g/mol. The van der Waals surface area contributed by atoms with Crippen molar-refractivity contribution in [2.45, 2.75) is 0 Å². The number of hydrogen-bond acceptors (Lipinski definition) is 4. The number of benzene rings is 1. The summed E-state index contributed by atoms with van der Waals surface area (Å²) >= 11 is 0. The lowest BCUT2D eigenvalue weighted by Gasteiger charge is -2.04. The average molecular weight is 228 g/mol. The van der Waals surface area contributed by atoms with Crippen LogP contribution in [0.3, 0.4) is 0 Å². The van der Waals surface area contributed by atoms with Crippen molar-refractivity contribution in [1.29, 1.82) is 5.26 Å². The van der Waals surface area contributed by atoms with Gasteiger partial charge in [-0.15, -0.1) is 0 Å². The standard InChI is InChI=1S/C10H8N6O/c11-5-7-2-1-3-8(4-7)14-10(17)15-9-12-6-13-16-9/h1-4,6H,(H3,12,13,14,15,16,17). The fourth-order valence-electron chi connectivity index (χ4n) is 1.20. The number of amides is 2. The molecule has 2 aromatic rings. The molecule has 1 aromatic carbocycles.